The van der Waals surface area contributed by atoms with Crippen LogP contribution in [0, 0.1) is 0 Å². The van der Waals surface area contributed by atoms with Crippen LogP contribution in [0.2, 0.25) is 0 Å². The maximum Gasteiger partial charge on any atom is 0.417 e. The topological polar surface area (TPSA) is 31.9 Å². The van der Waals surface area contributed by atoms with Gasteiger partial charge in [0.2, 0.25) is 0 Å². The lowest BCUT2D eigenvalue weighted by Gasteiger charge is -2.18. The SMILES string of the molecule is CCCN(C)Cc1cn[nH]c1-c1ccc(C(F)(F)F)cc1C(F)(F)F. The van der Waals surface area contributed by atoms with E-state index in [1.807, 2.05) is 11.8 Å². The minimum Gasteiger partial charge on any atom is -0.302 e. The number of halogens is 6. The van der Waals surface area contributed by atoms with Crippen molar-refractivity contribution in [1.29, 1.82) is 0 Å². The number of hydrogen-bond acceptors (Lipinski definition) is 2. The Labute approximate surface area is 140 Å². The first-order valence-electron chi connectivity index (χ1n) is 7.53. The molecule has 0 spiro atoms. The maximum absolute atomic E-state index is 13.3. The van der Waals surface area contributed by atoms with Gasteiger partial charge in [-0.1, -0.05) is 13.0 Å². The van der Waals surface area contributed by atoms with E-state index in [1.165, 1.54) is 6.20 Å². The van der Waals surface area contributed by atoms with Crippen LogP contribution in [-0.2, 0) is 18.9 Å². The third kappa shape index (κ3) is 4.53. The van der Waals surface area contributed by atoms with E-state index in [1.54, 1.807) is 7.05 Å². The fourth-order valence-electron chi connectivity index (χ4n) is 2.59. The number of nitrogens with one attached hydrogen (secondary N) is 1. The van der Waals surface area contributed by atoms with Crippen molar-refractivity contribution in [3.8, 4) is 11.3 Å². The van der Waals surface area contributed by atoms with Gasteiger partial charge in [-0.15, -0.1) is 0 Å². The molecule has 1 heterocycles. The van der Waals surface area contributed by atoms with Crippen molar-refractivity contribution < 1.29 is 26.3 Å². The number of aromatic amines is 1. The molecule has 9 heteroatoms. The van der Waals surface area contributed by atoms with Gasteiger partial charge in [-0.25, -0.2) is 0 Å². The van der Waals surface area contributed by atoms with E-state index < -0.39 is 23.5 Å². The van der Waals surface area contributed by atoms with Crippen LogP contribution in [0.1, 0.15) is 30.0 Å². The van der Waals surface area contributed by atoms with E-state index in [4.69, 9.17) is 0 Å². The second-order valence-electron chi connectivity index (χ2n) is 5.76. The van der Waals surface area contributed by atoms with E-state index >= 15 is 0 Å². The quantitative estimate of drug-likeness (QED) is 0.760. The first kappa shape index (κ1) is 19.3. The molecular formula is C16H17F6N3. The molecule has 1 N–H and O–H groups in total. The molecule has 0 bridgehead atoms. The number of nitrogens with zero attached hydrogens (tertiary/aromatic N) is 2. The number of aromatic nitrogens is 2. The summed E-state index contributed by atoms with van der Waals surface area (Å²) in [6.45, 7) is 3.02. The molecule has 0 aliphatic heterocycles. The molecule has 0 aliphatic rings. The lowest BCUT2D eigenvalue weighted by molar-refractivity contribution is -0.142. The lowest BCUT2D eigenvalue weighted by Crippen LogP contribution is -2.19. The monoisotopic (exact) mass is 365 g/mol. The van der Waals surface area contributed by atoms with E-state index in [0.29, 0.717) is 18.2 Å². The third-order valence-corrected chi connectivity index (χ3v) is 3.69. The average molecular weight is 365 g/mol. The summed E-state index contributed by atoms with van der Waals surface area (Å²) in [5.41, 5.74) is -2.47. The largest absolute Gasteiger partial charge is 0.417 e. The van der Waals surface area contributed by atoms with Gasteiger partial charge in [0, 0.05) is 17.7 Å². The first-order chi connectivity index (χ1) is 11.5. The number of rotatable bonds is 5. The Bertz CT molecular complexity index is 717. The molecule has 0 saturated heterocycles. The molecule has 0 saturated carbocycles. The van der Waals surface area contributed by atoms with Crippen LogP contribution in [0.25, 0.3) is 11.3 Å². The highest BCUT2D eigenvalue weighted by Gasteiger charge is 2.38. The number of alkyl halides is 6. The third-order valence-electron chi connectivity index (χ3n) is 3.69. The maximum atomic E-state index is 13.3. The Hall–Kier alpha value is -2.03. The summed E-state index contributed by atoms with van der Waals surface area (Å²) in [5, 5.41) is 6.25. The second-order valence-corrected chi connectivity index (χ2v) is 5.76. The molecule has 0 unspecified atom stereocenters. The molecule has 3 nitrogen and oxygen atoms in total. The standard InChI is InChI=1S/C16H17F6N3/c1-3-6-25(2)9-10-8-23-24-14(10)12-5-4-11(15(17,18)19)7-13(12)16(20,21)22/h4-5,7-8H,3,6,9H2,1-2H3,(H,23,24). The summed E-state index contributed by atoms with van der Waals surface area (Å²) in [4.78, 5) is 1.89. The van der Waals surface area contributed by atoms with Crippen LogP contribution in [0.5, 0.6) is 0 Å². The van der Waals surface area contributed by atoms with Crippen molar-refractivity contribution in [2.24, 2.45) is 0 Å². The van der Waals surface area contributed by atoms with Gasteiger partial charge in [0.1, 0.15) is 0 Å². The van der Waals surface area contributed by atoms with Crippen molar-refractivity contribution in [1.82, 2.24) is 15.1 Å². The van der Waals surface area contributed by atoms with Gasteiger partial charge in [-0.2, -0.15) is 31.4 Å². The molecule has 25 heavy (non-hydrogen) atoms. The minimum absolute atomic E-state index is 0.0732. The van der Waals surface area contributed by atoms with Gasteiger partial charge in [0.15, 0.2) is 0 Å². The van der Waals surface area contributed by atoms with E-state index in [-0.39, 0.29) is 17.3 Å². The van der Waals surface area contributed by atoms with Crippen molar-refractivity contribution in [3.05, 3.63) is 41.1 Å². The van der Waals surface area contributed by atoms with Crippen LogP contribution in [0.15, 0.2) is 24.4 Å². The summed E-state index contributed by atoms with van der Waals surface area (Å²) >= 11 is 0. The molecule has 0 atom stereocenters. The van der Waals surface area contributed by atoms with Gasteiger partial charge >= 0.3 is 12.4 Å². The summed E-state index contributed by atoms with van der Waals surface area (Å²) in [6, 6.07) is 1.61. The average Bonchev–Trinajstić information content (AvgIpc) is 2.93. The zero-order valence-corrected chi connectivity index (χ0v) is 13.6. The molecular weight excluding hydrogens is 348 g/mol. The van der Waals surface area contributed by atoms with Gasteiger partial charge in [-0.05, 0) is 32.1 Å². The summed E-state index contributed by atoms with van der Waals surface area (Å²) in [7, 11) is 1.80. The normalized spacial score (nSPS) is 12.8. The molecule has 0 radical (unpaired) electrons. The van der Waals surface area contributed by atoms with Crippen LogP contribution < -0.4 is 0 Å². The molecule has 1 aromatic heterocycles. The van der Waals surface area contributed by atoms with Crippen LogP contribution >= 0.6 is 0 Å². The number of hydrogen-bond donors (Lipinski definition) is 1. The smallest absolute Gasteiger partial charge is 0.302 e. The summed E-state index contributed by atoms with van der Waals surface area (Å²) in [5.74, 6) is 0. The van der Waals surface area contributed by atoms with Crippen molar-refractivity contribution in [3.63, 3.8) is 0 Å². The van der Waals surface area contributed by atoms with Gasteiger partial charge in [0.05, 0.1) is 23.0 Å². The fourth-order valence-corrected chi connectivity index (χ4v) is 2.59. The minimum atomic E-state index is -4.92. The highest BCUT2D eigenvalue weighted by molar-refractivity contribution is 5.68. The Morgan fingerprint density at radius 1 is 1.08 bits per heavy atom. The summed E-state index contributed by atoms with van der Waals surface area (Å²) in [6.07, 6.45) is -7.53. The van der Waals surface area contributed by atoms with E-state index in [0.717, 1.165) is 19.0 Å². The van der Waals surface area contributed by atoms with Gasteiger partial charge in [-0.3, -0.25) is 5.10 Å². The predicted molar refractivity (Wildman–Crippen MR) is 80.7 cm³/mol. The highest BCUT2D eigenvalue weighted by atomic mass is 19.4. The highest BCUT2D eigenvalue weighted by Crippen LogP contribution is 2.41. The van der Waals surface area contributed by atoms with Crippen molar-refractivity contribution >= 4 is 0 Å². The Morgan fingerprint density at radius 3 is 2.32 bits per heavy atom. The Morgan fingerprint density at radius 2 is 1.76 bits per heavy atom. The fraction of sp³-hybridized carbons (Fsp3) is 0.438. The number of benzene rings is 1. The van der Waals surface area contributed by atoms with Gasteiger partial charge in [0.25, 0.3) is 0 Å². The van der Waals surface area contributed by atoms with Crippen molar-refractivity contribution in [2.45, 2.75) is 32.2 Å². The molecule has 2 aromatic rings. The Kier molecular flexibility index (Phi) is 5.46. The van der Waals surface area contributed by atoms with Crippen LogP contribution in [-0.4, -0.2) is 28.7 Å². The summed E-state index contributed by atoms with van der Waals surface area (Å²) < 4.78 is 78.3. The van der Waals surface area contributed by atoms with Crippen LogP contribution in [0.3, 0.4) is 0 Å². The predicted octanol–water partition coefficient (Wildman–Crippen LogP) is 4.96. The zero-order chi connectivity index (χ0) is 18.8. The molecule has 1 aromatic carbocycles. The Balaban J connectivity index is 2.51. The first-order valence-corrected chi connectivity index (χ1v) is 7.53. The zero-order valence-electron chi connectivity index (χ0n) is 13.6. The second kappa shape index (κ2) is 7.07. The van der Waals surface area contributed by atoms with Crippen molar-refractivity contribution in [2.75, 3.05) is 13.6 Å². The lowest BCUT2D eigenvalue weighted by atomic mass is 9.98. The molecule has 0 amide bonds. The van der Waals surface area contributed by atoms with Gasteiger partial charge < -0.3 is 4.90 Å². The molecule has 138 valence electrons. The molecule has 0 aliphatic carbocycles. The number of H-pyrrole nitrogens is 1. The van der Waals surface area contributed by atoms with E-state index in [2.05, 4.69) is 10.2 Å². The van der Waals surface area contributed by atoms with Crippen LogP contribution in [0.4, 0.5) is 26.3 Å². The van der Waals surface area contributed by atoms with E-state index in [9.17, 15) is 26.3 Å². The molecule has 2 rings (SSSR count). The molecule has 0 fully saturated rings.